The van der Waals surface area contributed by atoms with Gasteiger partial charge in [-0.1, -0.05) is 95.8 Å². The summed E-state index contributed by atoms with van der Waals surface area (Å²) in [7, 11) is 0. The van der Waals surface area contributed by atoms with Crippen molar-refractivity contribution in [3.05, 3.63) is 139 Å². The van der Waals surface area contributed by atoms with E-state index >= 15 is 0 Å². The van der Waals surface area contributed by atoms with E-state index < -0.39 is 5.41 Å². The molecule has 4 aromatic carbocycles. The average molecular weight is 498 g/mol. The van der Waals surface area contributed by atoms with Gasteiger partial charge in [-0.25, -0.2) is 0 Å². The summed E-state index contributed by atoms with van der Waals surface area (Å²) in [5.74, 6) is 0. The van der Waals surface area contributed by atoms with Crippen LogP contribution < -0.4 is 0 Å². The van der Waals surface area contributed by atoms with Gasteiger partial charge in [0.2, 0.25) is 0 Å². The molecule has 1 aliphatic rings. The summed E-state index contributed by atoms with van der Waals surface area (Å²) >= 11 is 25.3. The molecule has 4 aromatic rings. The van der Waals surface area contributed by atoms with E-state index in [2.05, 4.69) is 55.5 Å². The minimum absolute atomic E-state index is 0.246. The van der Waals surface area contributed by atoms with E-state index in [4.69, 9.17) is 46.4 Å². The zero-order chi connectivity index (χ0) is 22.5. The third-order valence-corrected chi connectivity index (χ3v) is 7.80. The molecule has 0 radical (unpaired) electrons. The zero-order valence-corrected chi connectivity index (χ0v) is 20.4. The molecule has 0 nitrogen and oxygen atoms in total. The maximum Gasteiger partial charge on any atom is 0.0466 e. The Hall–Kier alpha value is -1.96. The molecule has 0 aliphatic heterocycles. The minimum atomic E-state index is -0.413. The predicted octanol–water partition coefficient (Wildman–Crippen LogP) is 9.34. The number of halogens is 4. The van der Waals surface area contributed by atoms with Gasteiger partial charge in [0, 0.05) is 30.9 Å². The third-order valence-electron chi connectivity index (χ3n) is 6.81. The van der Waals surface area contributed by atoms with E-state index in [9.17, 15) is 0 Å². The first-order valence-electron chi connectivity index (χ1n) is 10.4. The lowest BCUT2D eigenvalue weighted by molar-refractivity contribution is 0.473. The highest BCUT2D eigenvalue weighted by atomic mass is 35.5. The molecule has 0 saturated carbocycles. The normalized spacial score (nSPS) is 19.0. The molecule has 0 fully saturated rings. The van der Waals surface area contributed by atoms with Crippen LogP contribution in [-0.4, -0.2) is 0 Å². The Morgan fingerprint density at radius 1 is 0.500 bits per heavy atom. The molecule has 4 heteroatoms. The molecular weight excluding hydrogens is 478 g/mol. The van der Waals surface area contributed by atoms with Crippen LogP contribution in [0.25, 0.3) is 0 Å². The third kappa shape index (κ3) is 3.45. The SMILES string of the molecule is CC1(c2ccc(Cl)cc2)CC(c2ccc(Cl)cc2)(c2ccc(Cl)cc2)c2cc(Cl)ccc21. The molecular formula is C28H20Cl4. The van der Waals surface area contributed by atoms with Crippen molar-refractivity contribution in [1.29, 1.82) is 0 Å². The minimum Gasteiger partial charge on any atom is -0.0843 e. The summed E-state index contributed by atoms with van der Waals surface area (Å²) in [5.41, 5.74) is 5.36. The summed E-state index contributed by atoms with van der Waals surface area (Å²) in [6.45, 7) is 2.30. The van der Waals surface area contributed by atoms with Crippen molar-refractivity contribution in [2.24, 2.45) is 0 Å². The molecule has 0 spiro atoms. The van der Waals surface area contributed by atoms with Crippen molar-refractivity contribution in [2.75, 3.05) is 0 Å². The molecule has 0 aromatic heterocycles. The number of hydrogen-bond acceptors (Lipinski definition) is 0. The lowest BCUT2D eigenvalue weighted by atomic mass is 9.67. The maximum absolute atomic E-state index is 6.58. The summed E-state index contributed by atoms with van der Waals surface area (Å²) < 4.78 is 0. The summed E-state index contributed by atoms with van der Waals surface area (Å²) in [6, 6.07) is 30.7. The van der Waals surface area contributed by atoms with Crippen LogP contribution in [0.5, 0.6) is 0 Å². The Balaban J connectivity index is 1.84. The lowest BCUT2D eigenvalue weighted by Gasteiger charge is -2.35. The Kier molecular flexibility index (Phi) is 5.55. The van der Waals surface area contributed by atoms with Crippen LogP contribution >= 0.6 is 46.4 Å². The summed E-state index contributed by atoms with van der Waals surface area (Å²) in [4.78, 5) is 0. The fourth-order valence-corrected chi connectivity index (χ4v) is 5.85. The number of benzene rings is 4. The van der Waals surface area contributed by atoms with Crippen molar-refractivity contribution in [2.45, 2.75) is 24.2 Å². The Morgan fingerprint density at radius 3 is 1.38 bits per heavy atom. The van der Waals surface area contributed by atoms with E-state index in [0.29, 0.717) is 10.0 Å². The molecule has 1 atom stereocenters. The highest BCUT2D eigenvalue weighted by Gasteiger charge is 2.52. The second-order valence-electron chi connectivity index (χ2n) is 8.62. The second-order valence-corrected chi connectivity index (χ2v) is 10.4. The second kappa shape index (κ2) is 8.12. The number of fused-ring (bicyclic) bond motifs is 1. The lowest BCUT2D eigenvalue weighted by Crippen LogP contribution is -2.30. The van der Waals surface area contributed by atoms with Gasteiger partial charge in [0.05, 0.1) is 0 Å². The fraction of sp³-hybridized carbons (Fsp3) is 0.143. The van der Waals surface area contributed by atoms with Gasteiger partial charge in [0.15, 0.2) is 0 Å². The van der Waals surface area contributed by atoms with Crippen LogP contribution in [0, 0.1) is 0 Å². The van der Waals surface area contributed by atoms with Crippen LogP contribution in [0.2, 0.25) is 20.1 Å². The standard InChI is InChI=1S/C28H20Cl4/c1-27(18-2-8-21(29)9-3-18)17-28(19-4-10-22(30)11-5-19,20-6-12-23(31)13-7-20)26-16-24(32)14-15-25(26)27/h2-16H,17H2,1H3. The van der Waals surface area contributed by atoms with Crippen molar-refractivity contribution >= 4 is 46.4 Å². The van der Waals surface area contributed by atoms with E-state index in [1.54, 1.807) is 0 Å². The molecule has 0 bridgehead atoms. The topological polar surface area (TPSA) is 0 Å². The molecule has 0 heterocycles. The van der Waals surface area contributed by atoms with Gasteiger partial charge in [-0.2, -0.15) is 0 Å². The first-order valence-corrected chi connectivity index (χ1v) is 11.9. The van der Waals surface area contributed by atoms with Crippen molar-refractivity contribution < 1.29 is 0 Å². The van der Waals surface area contributed by atoms with E-state index in [1.807, 2.05) is 42.5 Å². The predicted molar refractivity (Wildman–Crippen MR) is 137 cm³/mol. The molecule has 0 N–H and O–H groups in total. The van der Waals surface area contributed by atoms with Gasteiger partial charge in [-0.05, 0) is 82.8 Å². The first-order chi connectivity index (χ1) is 15.3. The molecule has 5 rings (SSSR count). The van der Waals surface area contributed by atoms with E-state index in [-0.39, 0.29) is 5.41 Å². The van der Waals surface area contributed by atoms with Crippen LogP contribution in [-0.2, 0) is 10.8 Å². The molecule has 1 unspecified atom stereocenters. The van der Waals surface area contributed by atoms with Gasteiger partial charge < -0.3 is 0 Å². The summed E-state index contributed by atoms with van der Waals surface area (Å²) in [5, 5.41) is 2.87. The molecule has 160 valence electrons. The van der Waals surface area contributed by atoms with Crippen LogP contribution in [0.4, 0.5) is 0 Å². The smallest absolute Gasteiger partial charge is 0.0466 e. The molecule has 1 aliphatic carbocycles. The summed E-state index contributed by atoms with van der Waals surface area (Å²) in [6.07, 6.45) is 0.834. The van der Waals surface area contributed by atoms with Gasteiger partial charge in [-0.15, -0.1) is 0 Å². The van der Waals surface area contributed by atoms with E-state index in [0.717, 1.165) is 16.5 Å². The first kappa shape index (κ1) is 21.9. The van der Waals surface area contributed by atoms with Gasteiger partial charge in [-0.3, -0.25) is 0 Å². The van der Waals surface area contributed by atoms with E-state index in [1.165, 1.54) is 27.8 Å². The molecule has 32 heavy (non-hydrogen) atoms. The Bertz CT molecular complexity index is 1230. The Labute approximate surface area is 208 Å². The van der Waals surface area contributed by atoms with Crippen LogP contribution in [0.1, 0.15) is 41.2 Å². The van der Waals surface area contributed by atoms with Gasteiger partial charge >= 0.3 is 0 Å². The quantitative estimate of drug-likeness (QED) is 0.264. The fourth-order valence-electron chi connectivity index (χ4n) is 5.30. The maximum atomic E-state index is 6.58. The molecule has 0 saturated heterocycles. The highest BCUT2D eigenvalue weighted by Crippen LogP contribution is 2.59. The van der Waals surface area contributed by atoms with Gasteiger partial charge in [0.1, 0.15) is 0 Å². The van der Waals surface area contributed by atoms with Crippen molar-refractivity contribution in [3.63, 3.8) is 0 Å². The van der Waals surface area contributed by atoms with Gasteiger partial charge in [0.25, 0.3) is 0 Å². The Morgan fingerprint density at radius 2 is 0.906 bits per heavy atom. The largest absolute Gasteiger partial charge is 0.0843 e. The van der Waals surface area contributed by atoms with Crippen molar-refractivity contribution in [3.8, 4) is 0 Å². The molecule has 0 amide bonds. The van der Waals surface area contributed by atoms with Crippen molar-refractivity contribution in [1.82, 2.24) is 0 Å². The number of rotatable bonds is 3. The monoisotopic (exact) mass is 496 g/mol. The van der Waals surface area contributed by atoms with Crippen LogP contribution in [0.15, 0.2) is 91.0 Å². The number of hydrogen-bond donors (Lipinski definition) is 0. The average Bonchev–Trinajstić information content (AvgIpc) is 3.05. The highest BCUT2D eigenvalue weighted by molar-refractivity contribution is 6.31. The van der Waals surface area contributed by atoms with Crippen LogP contribution in [0.3, 0.4) is 0 Å². The zero-order valence-electron chi connectivity index (χ0n) is 17.4.